The molecule has 0 aliphatic carbocycles. The number of amides is 1. The average molecular weight is 190 g/mol. The number of rotatable bonds is 1. The maximum absolute atomic E-state index is 11.6. The van der Waals surface area contributed by atoms with Crippen molar-refractivity contribution < 1.29 is 9.32 Å². The first-order chi connectivity index (χ1) is 6.68. The average Bonchev–Trinajstić information content (AvgIpc) is 2.62. The second-order valence-corrected chi connectivity index (χ2v) is 3.28. The van der Waals surface area contributed by atoms with Crippen LogP contribution >= 0.6 is 0 Å². The fourth-order valence-corrected chi connectivity index (χ4v) is 1.26. The lowest BCUT2D eigenvalue weighted by Crippen LogP contribution is -2.21. The van der Waals surface area contributed by atoms with Crippen molar-refractivity contribution in [3.8, 4) is 0 Å². The van der Waals surface area contributed by atoms with Crippen molar-refractivity contribution in [2.24, 2.45) is 0 Å². The third-order valence-electron chi connectivity index (χ3n) is 2.01. The molecular formula is C10H10N2O2. The van der Waals surface area contributed by atoms with Crippen molar-refractivity contribution in [1.82, 2.24) is 10.1 Å². The minimum atomic E-state index is -0.0203. The molecule has 4 heteroatoms. The summed E-state index contributed by atoms with van der Waals surface area (Å²) in [6.45, 7) is 0. The summed E-state index contributed by atoms with van der Waals surface area (Å²) < 4.78 is 4.94. The second kappa shape index (κ2) is 3.14. The van der Waals surface area contributed by atoms with E-state index in [4.69, 9.17) is 4.52 Å². The summed E-state index contributed by atoms with van der Waals surface area (Å²) >= 11 is 0. The Hall–Kier alpha value is -1.84. The molecule has 1 aromatic carbocycles. The van der Waals surface area contributed by atoms with Gasteiger partial charge >= 0.3 is 0 Å². The quantitative estimate of drug-likeness (QED) is 0.685. The molecule has 0 atom stereocenters. The molecular weight excluding hydrogens is 180 g/mol. The summed E-state index contributed by atoms with van der Waals surface area (Å²) in [5, 5.41) is 4.49. The summed E-state index contributed by atoms with van der Waals surface area (Å²) in [5.41, 5.74) is 1.34. The van der Waals surface area contributed by atoms with Gasteiger partial charge in [0, 0.05) is 25.0 Å². The Bertz CT molecular complexity index is 474. The molecule has 2 aromatic rings. The topological polar surface area (TPSA) is 46.3 Å². The van der Waals surface area contributed by atoms with Crippen LogP contribution in [-0.4, -0.2) is 30.1 Å². The van der Waals surface area contributed by atoms with E-state index in [9.17, 15) is 4.79 Å². The SMILES string of the molecule is CN(C)C(=O)c1ccc2oncc2c1. The van der Waals surface area contributed by atoms with Gasteiger partial charge in [0.05, 0.1) is 6.20 Å². The Morgan fingerprint density at radius 1 is 1.43 bits per heavy atom. The van der Waals surface area contributed by atoms with Crippen molar-refractivity contribution in [2.75, 3.05) is 14.1 Å². The van der Waals surface area contributed by atoms with Gasteiger partial charge in [-0.2, -0.15) is 0 Å². The van der Waals surface area contributed by atoms with E-state index in [1.165, 1.54) is 4.90 Å². The van der Waals surface area contributed by atoms with Gasteiger partial charge in [-0.05, 0) is 18.2 Å². The molecule has 0 aliphatic rings. The second-order valence-electron chi connectivity index (χ2n) is 3.28. The zero-order valence-electron chi connectivity index (χ0n) is 8.02. The molecule has 0 aliphatic heterocycles. The third-order valence-corrected chi connectivity index (χ3v) is 2.01. The van der Waals surface area contributed by atoms with Crippen molar-refractivity contribution in [2.45, 2.75) is 0 Å². The summed E-state index contributed by atoms with van der Waals surface area (Å²) in [5.74, 6) is -0.0203. The Morgan fingerprint density at radius 3 is 2.93 bits per heavy atom. The van der Waals surface area contributed by atoms with Crippen LogP contribution in [0, 0.1) is 0 Å². The summed E-state index contributed by atoms with van der Waals surface area (Å²) in [7, 11) is 3.44. The molecule has 0 spiro atoms. The number of benzene rings is 1. The number of carbonyl (C=O) groups is 1. The maximum atomic E-state index is 11.6. The van der Waals surface area contributed by atoms with Gasteiger partial charge in [0.25, 0.3) is 5.91 Å². The van der Waals surface area contributed by atoms with Crippen molar-refractivity contribution in [1.29, 1.82) is 0 Å². The Balaban J connectivity index is 2.48. The van der Waals surface area contributed by atoms with E-state index >= 15 is 0 Å². The number of nitrogens with zero attached hydrogens (tertiary/aromatic N) is 2. The molecule has 4 nitrogen and oxygen atoms in total. The van der Waals surface area contributed by atoms with Crippen molar-refractivity contribution in [3.05, 3.63) is 30.0 Å². The number of hydrogen-bond acceptors (Lipinski definition) is 3. The predicted molar refractivity (Wildman–Crippen MR) is 52.0 cm³/mol. The summed E-state index contributed by atoms with van der Waals surface area (Å²) in [4.78, 5) is 13.1. The monoisotopic (exact) mass is 190 g/mol. The zero-order chi connectivity index (χ0) is 10.1. The van der Waals surface area contributed by atoms with Crippen LogP contribution in [0.15, 0.2) is 28.9 Å². The zero-order valence-corrected chi connectivity index (χ0v) is 8.02. The molecule has 14 heavy (non-hydrogen) atoms. The van der Waals surface area contributed by atoms with Crippen LogP contribution in [0.25, 0.3) is 11.0 Å². The first-order valence-corrected chi connectivity index (χ1v) is 4.24. The first kappa shape index (κ1) is 8.74. The van der Waals surface area contributed by atoms with Gasteiger partial charge in [-0.1, -0.05) is 5.16 Å². The lowest BCUT2D eigenvalue weighted by Gasteiger charge is -2.09. The standard InChI is InChI=1S/C10H10N2O2/c1-12(2)10(13)7-3-4-9-8(5-7)6-11-14-9/h3-6H,1-2H3. The number of fused-ring (bicyclic) bond motifs is 1. The highest BCUT2D eigenvalue weighted by molar-refractivity contribution is 5.97. The van der Waals surface area contributed by atoms with Gasteiger partial charge in [0.15, 0.2) is 5.58 Å². The molecule has 0 bridgehead atoms. The molecule has 2 rings (SSSR count). The van der Waals surface area contributed by atoms with E-state index in [1.807, 2.05) is 0 Å². The van der Waals surface area contributed by atoms with Crippen LogP contribution < -0.4 is 0 Å². The highest BCUT2D eigenvalue weighted by Crippen LogP contribution is 2.15. The van der Waals surface area contributed by atoms with E-state index in [2.05, 4.69) is 5.16 Å². The number of carbonyl (C=O) groups excluding carboxylic acids is 1. The molecule has 0 unspecified atom stereocenters. The van der Waals surface area contributed by atoms with Crippen LogP contribution in [0.5, 0.6) is 0 Å². The fourth-order valence-electron chi connectivity index (χ4n) is 1.26. The van der Waals surface area contributed by atoms with Gasteiger partial charge in [-0.3, -0.25) is 4.79 Å². The highest BCUT2D eigenvalue weighted by Gasteiger charge is 2.09. The molecule has 72 valence electrons. The number of hydrogen-bond donors (Lipinski definition) is 0. The predicted octanol–water partition coefficient (Wildman–Crippen LogP) is 1.53. The molecule has 0 N–H and O–H groups in total. The van der Waals surface area contributed by atoms with Crippen LogP contribution in [-0.2, 0) is 0 Å². The van der Waals surface area contributed by atoms with Crippen LogP contribution in [0.1, 0.15) is 10.4 Å². The van der Waals surface area contributed by atoms with Crippen molar-refractivity contribution >= 4 is 16.9 Å². The van der Waals surface area contributed by atoms with Crippen LogP contribution in [0.4, 0.5) is 0 Å². The Kier molecular flexibility index (Phi) is 1.96. The van der Waals surface area contributed by atoms with Gasteiger partial charge < -0.3 is 9.42 Å². The van der Waals surface area contributed by atoms with Crippen LogP contribution in [0.2, 0.25) is 0 Å². The summed E-state index contributed by atoms with van der Waals surface area (Å²) in [6, 6.07) is 5.25. The lowest BCUT2D eigenvalue weighted by atomic mass is 10.1. The minimum Gasteiger partial charge on any atom is -0.356 e. The van der Waals surface area contributed by atoms with E-state index in [-0.39, 0.29) is 5.91 Å². The Labute approximate surface area is 81.1 Å². The van der Waals surface area contributed by atoms with Gasteiger partial charge in [0.2, 0.25) is 0 Å². The van der Waals surface area contributed by atoms with Gasteiger partial charge in [-0.15, -0.1) is 0 Å². The molecule has 0 fully saturated rings. The molecule has 0 saturated carbocycles. The van der Waals surface area contributed by atoms with Crippen LogP contribution in [0.3, 0.4) is 0 Å². The smallest absolute Gasteiger partial charge is 0.253 e. The molecule has 0 saturated heterocycles. The maximum Gasteiger partial charge on any atom is 0.253 e. The van der Waals surface area contributed by atoms with E-state index in [0.29, 0.717) is 11.1 Å². The van der Waals surface area contributed by atoms with E-state index < -0.39 is 0 Å². The number of aromatic nitrogens is 1. The summed E-state index contributed by atoms with van der Waals surface area (Å²) in [6.07, 6.45) is 1.60. The first-order valence-electron chi connectivity index (χ1n) is 4.24. The largest absolute Gasteiger partial charge is 0.356 e. The highest BCUT2D eigenvalue weighted by atomic mass is 16.5. The van der Waals surface area contributed by atoms with E-state index in [0.717, 1.165) is 5.39 Å². The third kappa shape index (κ3) is 1.35. The minimum absolute atomic E-state index is 0.0203. The lowest BCUT2D eigenvalue weighted by molar-refractivity contribution is 0.0828. The molecule has 0 radical (unpaired) electrons. The van der Waals surface area contributed by atoms with Gasteiger partial charge in [-0.25, -0.2) is 0 Å². The van der Waals surface area contributed by atoms with E-state index in [1.54, 1.807) is 38.5 Å². The molecule has 1 heterocycles. The fraction of sp³-hybridized carbons (Fsp3) is 0.200. The molecule has 1 aromatic heterocycles. The Morgan fingerprint density at radius 2 is 2.21 bits per heavy atom. The molecule has 1 amide bonds. The van der Waals surface area contributed by atoms with Gasteiger partial charge in [0.1, 0.15) is 0 Å². The van der Waals surface area contributed by atoms with Crippen molar-refractivity contribution in [3.63, 3.8) is 0 Å². The normalized spacial score (nSPS) is 10.4.